The number of pyridine rings is 1. The molecule has 0 unspecified atom stereocenters. The van der Waals surface area contributed by atoms with Gasteiger partial charge in [-0.25, -0.2) is 9.78 Å². The molecule has 5 rings (SSSR count). The van der Waals surface area contributed by atoms with E-state index in [9.17, 15) is 4.79 Å². The minimum absolute atomic E-state index is 0.261. The Hall–Kier alpha value is -3.67. The monoisotopic (exact) mass is 497 g/mol. The van der Waals surface area contributed by atoms with Crippen molar-refractivity contribution in [1.82, 2.24) is 14.8 Å². The number of nitrogens with zero attached hydrogens (tertiary/aromatic N) is 3. The predicted molar refractivity (Wildman–Crippen MR) is 146 cm³/mol. The summed E-state index contributed by atoms with van der Waals surface area (Å²) in [4.78, 5) is 18.0. The van der Waals surface area contributed by atoms with Gasteiger partial charge >= 0.3 is 6.16 Å². The van der Waals surface area contributed by atoms with Crippen molar-refractivity contribution in [3.63, 3.8) is 0 Å². The predicted octanol–water partition coefficient (Wildman–Crippen LogP) is 8.09. The molecular formula is C31H35N3O3. The largest absolute Gasteiger partial charge is 0.515 e. The third kappa shape index (κ3) is 5.53. The molecule has 192 valence electrons. The van der Waals surface area contributed by atoms with Crippen LogP contribution in [0, 0.1) is 5.92 Å². The number of aromatic nitrogens is 3. The molecule has 1 aliphatic rings. The lowest BCUT2D eigenvalue weighted by atomic mass is 9.78. The number of hydrogen-bond donors (Lipinski definition) is 0. The molecule has 0 amide bonds. The molecule has 2 aromatic heterocycles. The van der Waals surface area contributed by atoms with Crippen molar-refractivity contribution >= 4 is 17.1 Å². The van der Waals surface area contributed by atoms with Gasteiger partial charge in [0.05, 0.1) is 28.2 Å². The fraction of sp³-hybridized carbons (Fsp3) is 0.387. The van der Waals surface area contributed by atoms with Gasteiger partial charge < -0.3 is 9.47 Å². The van der Waals surface area contributed by atoms with Crippen LogP contribution in [0.5, 0.6) is 5.88 Å². The van der Waals surface area contributed by atoms with Gasteiger partial charge in [0.1, 0.15) is 5.60 Å². The third-order valence-corrected chi connectivity index (χ3v) is 7.11. The summed E-state index contributed by atoms with van der Waals surface area (Å²) in [7, 11) is 0. The fourth-order valence-electron chi connectivity index (χ4n) is 5.18. The van der Waals surface area contributed by atoms with Crippen LogP contribution in [-0.2, 0) is 4.74 Å². The van der Waals surface area contributed by atoms with Gasteiger partial charge in [-0.3, -0.25) is 0 Å². The number of benzene rings is 2. The van der Waals surface area contributed by atoms with E-state index in [1.165, 1.54) is 19.3 Å². The molecule has 2 heterocycles. The highest BCUT2D eigenvalue weighted by molar-refractivity contribution is 5.83. The molecule has 0 radical (unpaired) electrons. The molecule has 6 nitrogen and oxygen atoms in total. The van der Waals surface area contributed by atoms with Crippen molar-refractivity contribution in [2.75, 3.05) is 0 Å². The molecule has 6 heteroatoms. The fourth-order valence-corrected chi connectivity index (χ4v) is 5.18. The van der Waals surface area contributed by atoms with Gasteiger partial charge in [-0.1, -0.05) is 55.8 Å². The smallest absolute Gasteiger partial charge is 0.428 e. The molecule has 0 atom stereocenters. The maximum absolute atomic E-state index is 13.0. The van der Waals surface area contributed by atoms with Gasteiger partial charge in [-0.15, -0.1) is 0 Å². The zero-order valence-electron chi connectivity index (χ0n) is 22.1. The van der Waals surface area contributed by atoms with Crippen LogP contribution in [0.1, 0.15) is 71.4 Å². The second kappa shape index (κ2) is 10.4. The van der Waals surface area contributed by atoms with Crippen molar-refractivity contribution in [2.24, 2.45) is 5.92 Å². The average Bonchev–Trinajstić information content (AvgIpc) is 3.26. The van der Waals surface area contributed by atoms with Gasteiger partial charge in [0.25, 0.3) is 0 Å². The van der Waals surface area contributed by atoms with Gasteiger partial charge in [0, 0.05) is 11.3 Å². The number of carbonyl (C=O) groups excluding carboxylic acids is 1. The average molecular weight is 498 g/mol. The molecule has 0 bridgehead atoms. The molecule has 0 N–H and O–H groups in total. The number of hydrogen-bond acceptors (Lipinski definition) is 5. The Kier molecular flexibility index (Phi) is 7.00. The molecule has 1 aliphatic carbocycles. The number of rotatable bonds is 5. The minimum Gasteiger partial charge on any atom is -0.428 e. The lowest BCUT2D eigenvalue weighted by Gasteiger charge is -2.27. The molecule has 4 aromatic rings. The van der Waals surface area contributed by atoms with E-state index in [-0.39, 0.29) is 5.92 Å². The number of fused-ring (bicyclic) bond motifs is 1. The Labute approximate surface area is 218 Å². The summed E-state index contributed by atoms with van der Waals surface area (Å²) in [5.41, 5.74) is 3.46. The second-order valence-electron chi connectivity index (χ2n) is 10.9. The number of para-hydroxylation sites is 2. The van der Waals surface area contributed by atoms with Crippen LogP contribution in [0.15, 0.2) is 66.7 Å². The molecule has 37 heavy (non-hydrogen) atoms. The van der Waals surface area contributed by atoms with Gasteiger partial charge in [-0.2, -0.15) is 9.78 Å². The van der Waals surface area contributed by atoms with Gasteiger partial charge in [0.15, 0.2) is 0 Å². The Morgan fingerprint density at radius 2 is 1.65 bits per heavy atom. The van der Waals surface area contributed by atoms with E-state index in [0.717, 1.165) is 52.3 Å². The van der Waals surface area contributed by atoms with Crippen molar-refractivity contribution in [1.29, 1.82) is 0 Å². The van der Waals surface area contributed by atoms with Crippen LogP contribution < -0.4 is 4.74 Å². The summed E-state index contributed by atoms with van der Waals surface area (Å²) in [5, 5.41) is 6.16. The molecular weight excluding hydrogens is 462 g/mol. The van der Waals surface area contributed by atoms with Crippen LogP contribution >= 0.6 is 0 Å². The SMILES string of the molecule is CCC1CCC(c2nn(-c3ccccc3)c(OC(=O)OC(C)(C)C)c2-c2ccc3ccccc3n2)CC1. The molecule has 0 spiro atoms. The van der Waals surface area contributed by atoms with Crippen molar-refractivity contribution in [3.05, 3.63) is 72.4 Å². The maximum Gasteiger partial charge on any atom is 0.515 e. The van der Waals surface area contributed by atoms with Crippen molar-refractivity contribution < 1.29 is 14.3 Å². The standard InChI is InChI=1S/C31H35N3O3/c1-5-21-15-17-23(18-16-21)28-27(26-20-19-22-11-9-10-14-25(22)32-26)29(36-30(35)37-31(2,3)4)34(33-28)24-12-7-6-8-13-24/h6-14,19-21,23H,5,15-18H2,1-4H3. The Bertz CT molecular complexity index is 1380. The summed E-state index contributed by atoms with van der Waals surface area (Å²) < 4.78 is 13.3. The van der Waals surface area contributed by atoms with E-state index in [0.29, 0.717) is 5.88 Å². The van der Waals surface area contributed by atoms with Crippen LogP contribution in [0.3, 0.4) is 0 Å². The molecule has 1 fully saturated rings. The Balaban J connectivity index is 1.69. The third-order valence-electron chi connectivity index (χ3n) is 7.11. The molecule has 2 aromatic carbocycles. The van der Waals surface area contributed by atoms with E-state index < -0.39 is 11.8 Å². The maximum atomic E-state index is 13.0. The van der Waals surface area contributed by atoms with E-state index >= 15 is 0 Å². The van der Waals surface area contributed by atoms with Crippen LogP contribution in [0.4, 0.5) is 4.79 Å². The summed E-state index contributed by atoms with van der Waals surface area (Å²) in [5.74, 6) is 1.36. The minimum atomic E-state index is -0.757. The molecule has 1 saturated carbocycles. The summed E-state index contributed by atoms with van der Waals surface area (Å²) in [6.45, 7) is 7.75. The summed E-state index contributed by atoms with van der Waals surface area (Å²) in [6.07, 6.45) is 4.90. The topological polar surface area (TPSA) is 66.2 Å². The zero-order valence-corrected chi connectivity index (χ0v) is 22.1. The quantitative estimate of drug-likeness (QED) is 0.261. The van der Waals surface area contributed by atoms with Crippen molar-refractivity contribution in [3.8, 4) is 22.8 Å². The van der Waals surface area contributed by atoms with E-state index in [1.54, 1.807) is 4.68 Å². The summed E-state index contributed by atoms with van der Waals surface area (Å²) in [6, 6.07) is 21.9. The number of ether oxygens (including phenoxy) is 2. The highest BCUT2D eigenvalue weighted by Gasteiger charge is 2.33. The first-order chi connectivity index (χ1) is 17.8. The van der Waals surface area contributed by atoms with Crippen LogP contribution in [0.25, 0.3) is 27.8 Å². The first-order valence-electron chi connectivity index (χ1n) is 13.3. The Morgan fingerprint density at radius 3 is 2.35 bits per heavy atom. The van der Waals surface area contributed by atoms with Gasteiger partial charge in [-0.05, 0) is 76.6 Å². The van der Waals surface area contributed by atoms with E-state index in [4.69, 9.17) is 19.6 Å². The second-order valence-corrected chi connectivity index (χ2v) is 10.9. The summed E-state index contributed by atoms with van der Waals surface area (Å²) >= 11 is 0. The van der Waals surface area contributed by atoms with Gasteiger partial charge in [0.2, 0.25) is 5.88 Å². The van der Waals surface area contributed by atoms with Crippen LogP contribution in [0.2, 0.25) is 0 Å². The van der Waals surface area contributed by atoms with E-state index in [1.807, 2.05) is 81.4 Å². The first kappa shape index (κ1) is 25.0. The lowest BCUT2D eigenvalue weighted by molar-refractivity contribution is 0.0193. The zero-order chi connectivity index (χ0) is 26.0. The van der Waals surface area contributed by atoms with E-state index in [2.05, 4.69) is 13.0 Å². The highest BCUT2D eigenvalue weighted by Crippen LogP contribution is 2.44. The lowest BCUT2D eigenvalue weighted by Crippen LogP contribution is -2.26. The van der Waals surface area contributed by atoms with Crippen molar-refractivity contribution in [2.45, 2.75) is 71.3 Å². The molecule has 0 aliphatic heterocycles. The van der Waals surface area contributed by atoms with Crippen LogP contribution in [-0.4, -0.2) is 26.5 Å². The molecule has 0 saturated heterocycles. The normalized spacial score (nSPS) is 18.1. The Morgan fingerprint density at radius 1 is 0.946 bits per heavy atom. The highest BCUT2D eigenvalue weighted by atomic mass is 16.7. The first-order valence-corrected chi connectivity index (χ1v) is 13.3. The number of carbonyl (C=O) groups is 1.